The number of ether oxygens (including phenoxy) is 1. The maximum Gasteiger partial charge on any atom is 0.191 e. The van der Waals surface area contributed by atoms with Crippen LogP contribution in [0, 0.1) is 45.3 Å². The topological polar surface area (TPSA) is 107 Å². The van der Waals surface area contributed by atoms with Crippen molar-refractivity contribution in [3.05, 3.63) is 52.7 Å². The average Bonchev–Trinajstić information content (AvgIpc) is 2.74. The highest BCUT2D eigenvalue weighted by Crippen LogP contribution is 2.55. The molecule has 1 aromatic rings. The van der Waals surface area contributed by atoms with E-state index < -0.39 is 11.3 Å². The lowest BCUT2D eigenvalue weighted by Crippen LogP contribution is -2.42. The van der Waals surface area contributed by atoms with Crippen LogP contribution in [-0.2, 0) is 0 Å². The van der Waals surface area contributed by atoms with Crippen LogP contribution in [0.2, 0.25) is 0 Å². The Labute approximate surface area is 166 Å². The number of hydrogen-bond donors (Lipinski definition) is 1. The summed E-state index contributed by atoms with van der Waals surface area (Å²) in [6.07, 6.45) is 6.78. The second kappa shape index (κ2) is 8.20. The minimum absolute atomic E-state index is 0.0677. The first-order chi connectivity index (χ1) is 13.6. The zero-order chi connectivity index (χ0) is 20.1. The molecule has 1 aromatic carbocycles. The molecule has 2 aliphatic carbocycles. The van der Waals surface area contributed by atoms with Gasteiger partial charge in [0.25, 0.3) is 0 Å². The molecule has 2 atom stereocenters. The van der Waals surface area contributed by atoms with Gasteiger partial charge in [0.05, 0.1) is 30.0 Å². The second-order valence-corrected chi connectivity index (χ2v) is 7.38. The Bertz CT molecular complexity index is 907. The SMILES string of the molecule is CCCCOc1ccc(C2C3CCCC=C3C(C#N)=C(N)C2(C#N)C#N)cc1. The van der Waals surface area contributed by atoms with E-state index >= 15 is 0 Å². The maximum atomic E-state index is 10.0. The van der Waals surface area contributed by atoms with E-state index in [1.165, 1.54) is 0 Å². The Morgan fingerprint density at radius 3 is 2.50 bits per heavy atom. The molecular weight excluding hydrogens is 348 g/mol. The summed E-state index contributed by atoms with van der Waals surface area (Å²) in [4.78, 5) is 0. The molecule has 3 rings (SSSR count). The number of allylic oxidation sites excluding steroid dienone is 4. The van der Waals surface area contributed by atoms with Crippen molar-refractivity contribution in [3.63, 3.8) is 0 Å². The van der Waals surface area contributed by atoms with E-state index in [0.717, 1.165) is 49.0 Å². The molecule has 0 aromatic heterocycles. The molecule has 28 heavy (non-hydrogen) atoms. The number of hydrogen-bond acceptors (Lipinski definition) is 5. The summed E-state index contributed by atoms with van der Waals surface area (Å²) in [5.41, 5.74) is 6.89. The number of benzene rings is 1. The van der Waals surface area contributed by atoms with Gasteiger partial charge < -0.3 is 10.5 Å². The normalized spacial score (nSPS) is 22.9. The third kappa shape index (κ3) is 3.12. The standard InChI is InChI=1S/C23H24N4O/c1-2-3-12-28-17-10-8-16(9-11-17)21-19-7-5-4-6-18(19)20(13-24)22(27)23(21,14-25)15-26/h6,8-11,19,21H,2-5,7,12,27H2,1H3. The lowest BCUT2D eigenvalue weighted by molar-refractivity contribution is 0.306. The monoisotopic (exact) mass is 372 g/mol. The molecule has 142 valence electrons. The molecule has 0 saturated heterocycles. The van der Waals surface area contributed by atoms with Gasteiger partial charge in [-0.3, -0.25) is 0 Å². The van der Waals surface area contributed by atoms with E-state index in [4.69, 9.17) is 10.5 Å². The van der Waals surface area contributed by atoms with Crippen LogP contribution in [0.15, 0.2) is 47.2 Å². The van der Waals surface area contributed by atoms with E-state index in [-0.39, 0.29) is 11.6 Å². The van der Waals surface area contributed by atoms with Gasteiger partial charge >= 0.3 is 0 Å². The summed E-state index contributed by atoms with van der Waals surface area (Å²) in [6.45, 7) is 2.78. The zero-order valence-electron chi connectivity index (χ0n) is 16.1. The van der Waals surface area contributed by atoms with Crippen LogP contribution in [0.3, 0.4) is 0 Å². The summed E-state index contributed by atoms with van der Waals surface area (Å²) < 4.78 is 5.74. The molecule has 0 radical (unpaired) electrons. The Kier molecular flexibility index (Phi) is 5.72. The van der Waals surface area contributed by atoms with E-state index in [2.05, 4.69) is 25.1 Å². The van der Waals surface area contributed by atoms with Crippen LogP contribution in [-0.4, -0.2) is 6.61 Å². The second-order valence-electron chi connectivity index (χ2n) is 7.38. The van der Waals surface area contributed by atoms with Crippen LogP contribution < -0.4 is 10.5 Å². The van der Waals surface area contributed by atoms with Gasteiger partial charge in [-0.1, -0.05) is 31.6 Å². The van der Waals surface area contributed by atoms with Crippen LogP contribution in [0.1, 0.15) is 50.5 Å². The highest BCUT2D eigenvalue weighted by atomic mass is 16.5. The number of rotatable bonds is 5. The molecule has 0 saturated carbocycles. The molecule has 0 amide bonds. The number of fused-ring (bicyclic) bond motifs is 1. The fourth-order valence-electron chi connectivity index (χ4n) is 4.36. The van der Waals surface area contributed by atoms with Crippen molar-refractivity contribution < 1.29 is 4.74 Å². The van der Waals surface area contributed by atoms with E-state index in [0.29, 0.717) is 12.2 Å². The van der Waals surface area contributed by atoms with Crippen molar-refractivity contribution in [2.45, 2.75) is 44.9 Å². The number of nitrogens with zero attached hydrogens (tertiary/aromatic N) is 3. The average molecular weight is 372 g/mol. The molecule has 0 heterocycles. The van der Waals surface area contributed by atoms with Gasteiger partial charge in [-0.15, -0.1) is 0 Å². The summed E-state index contributed by atoms with van der Waals surface area (Å²) in [7, 11) is 0. The fourth-order valence-corrected chi connectivity index (χ4v) is 4.36. The van der Waals surface area contributed by atoms with Crippen LogP contribution in [0.4, 0.5) is 0 Å². The lowest BCUT2D eigenvalue weighted by atomic mass is 9.57. The van der Waals surface area contributed by atoms with Gasteiger partial charge in [0.2, 0.25) is 0 Å². The van der Waals surface area contributed by atoms with Crippen molar-refractivity contribution >= 4 is 0 Å². The molecule has 0 aliphatic heterocycles. The van der Waals surface area contributed by atoms with Gasteiger partial charge in [0, 0.05) is 5.92 Å². The third-order valence-corrected chi connectivity index (χ3v) is 5.81. The smallest absolute Gasteiger partial charge is 0.191 e. The molecule has 2 aliphatic rings. The molecule has 0 spiro atoms. The Hall–Kier alpha value is -3.23. The molecule has 2 N–H and O–H groups in total. The summed E-state index contributed by atoms with van der Waals surface area (Å²) >= 11 is 0. The van der Waals surface area contributed by atoms with Gasteiger partial charge in [-0.25, -0.2) is 0 Å². The molecule has 2 unspecified atom stereocenters. The largest absolute Gasteiger partial charge is 0.494 e. The minimum atomic E-state index is -1.55. The first kappa shape index (κ1) is 19.5. The van der Waals surface area contributed by atoms with Crippen LogP contribution in [0.5, 0.6) is 5.75 Å². The predicted octanol–water partition coefficient (Wildman–Crippen LogP) is 4.46. The van der Waals surface area contributed by atoms with Gasteiger partial charge in [-0.05, 0) is 54.9 Å². The third-order valence-electron chi connectivity index (χ3n) is 5.81. The first-order valence-corrected chi connectivity index (χ1v) is 9.79. The van der Waals surface area contributed by atoms with Crippen LogP contribution in [0.25, 0.3) is 0 Å². The van der Waals surface area contributed by atoms with Crippen molar-refractivity contribution in [1.82, 2.24) is 0 Å². The fraction of sp³-hybridized carbons (Fsp3) is 0.435. The van der Waals surface area contributed by atoms with E-state index in [1.54, 1.807) is 0 Å². The van der Waals surface area contributed by atoms with Crippen LogP contribution >= 0.6 is 0 Å². The maximum absolute atomic E-state index is 10.0. The Morgan fingerprint density at radius 2 is 1.89 bits per heavy atom. The number of nitriles is 3. The molecule has 0 fully saturated rings. The zero-order valence-corrected chi connectivity index (χ0v) is 16.1. The number of nitrogens with two attached hydrogens (primary N) is 1. The van der Waals surface area contributed by atoms with E-state index in [1.807, 2.05) is 30.3 Å². The number of unbranched alkanes of at least 4 members (excludes halogenated alkanes) is 1. The lowest BCUT2D eigenvalue weighted by Gasteiger charge is -2.43. The summed E-state index contributed by atoms with van der Waals surface area (Å²) in [5.74, 6) is 0.297. The van der Waals surface area contributed by atoms with Crippen molar-refractivity contribution in [2.75, 3.05) is 6.61 Å². The highest BCUT2D eigenvalue weighted by molar-refractivity contribution is 5.59. The summed E-state index contributed by atoms with van der Waals surface area (Å²) in [5, 5.41) is 29.7. The minimum Gasteiger partial charge on any atom is -0.494 e. The Morgan fingerprint density at radius 1 is 1.18 bits per heavy atom. The molecule has 0 bridgehead atoms. The Balaban J connectivity index is 2.08. The van der Waals surface area contributed by atoms with Crippen molar-refractivity contribution in [1.29, 1.82) is 15.8 Å². The van der Waals surface area contributed by atoms with Crippen molar-refractivity contribution in [2.24, 2.45) is 17.1 Å². The highest BCUT2D eigenvalue weighted by Gasteiger charge is 2.53. The first-order valence-electron chi connectivity index (χ1n) is 9.79. The van der Waals surface area contributed by atoms with Gasteiger partial charge in [0.15, 0.2) is 5.41 Å². The predicted molar refractivity (Wildman–Crippen MR) is 105 cm³/mol. The van der Waals surface area contributed by atoms with E-state index in [9.17, 15) is 15.8 Å². The molecule has 5 heteroatoms. The summed E-state index contributed by atoms with van der Waals surface area (Å²) in [6, 6.07) is 14.1. The quantitative estimate of drug-likeness (QED) is 0.768. The van der Waals surface area contributed by atoms with Crippen molar-refractivity contribution in [3.8, 4) is 24.0 Å². The molecular formula is C23H24N4O. The van der Waals surface area contributed by atoms with Gasteiger partial charge in [-0.2, -0.15) is 15.8 Å². The van der Waals surface area contributed by atoms with Gasteiger partial charge in [0.1, 0.15) is 11.8 Å². The molecule has 5 nitrogen and oxygen atoms in total.